The molecule has 1 aliphatic heterocycles. The fourth-order valence-electron chi connectivity index (χ4n) is 1.75. The molecular formula is C9H19NO3S2. The summed E-state index contributed by atoms with van der Waals surface area (Å²) in [5, 5.41) is 9.98. The molecule has 0 saturated carbocycles. The monoisotopic (exact) mass is 253 g/mol. The summed E-state index contributed by atoms with van der Waals surface area (Å²) >= 11 is 1.60. The molecule has 0 aromatic rings. The fourth-order valence-corrected chi connectivity index (χ4v) is 3.74. The molecule has 1 saturated heterocycles. The van der Waals surface area contributed by atoms with E-state index in [2.05, 4.69) is 0 Å². The van der Waals surface area contributed by atoms with Crippen molar-refractivity contribution >= 4 is 21.6 Å². The quantitative estimate of drug-likeness (QED) is 0.754. The van der Waals surface area contributed by atoms with E-state index < -0.39 is 15.4 Å². The van der Waals surface area contributed by atoms with Gasteiger partial charge in [0, 0.05) is 25.4 Å². The van der Waals surface area contributed by atoms with Gasteiger partial charge in [-0.2, -0.15) is 11.8 Å². The molecule has 1 aliphatic rings. The average Bonchev–Trinajstić information content (AvgIpc) is 2.08. The smallest absolute Gasteiger partial charge is 0.152 e. The Hall–Kier alpha value is 0.220. The number of hydrogen-bond acceptors (Lipinski definition) is 5. The molecule has 0 aromatic carbocycles. The van der Waals surface area contributed by atoms with Crippen LogP contribution >= 0.6 is 11.8 Å². The zero-order chi connectivity index (χ0) is 11.5. The number of hydrogen-bond donors (Lipinski definition) is 1. The lowest BCUT2D eigenvalue weighted by Gasteiger charge is -2.33. The van der Waals surface area contributed by atoms with Gasteiger partial charge in [0.1, 0.15) is 0 Å². The van der Waals surface area contributed by atoms with Crippen molar-refractivity contribution in [1.29, 1.82) is 0 Å². The number of β-amino-alcohol motifs (C(OH)–C–C–N with tert-alkyl or cyclic N) is 1. The van der Waals surface area contributed by atoms with Crippen LogP contribution in [-0.2, 0) is 9.84 Å². The van der Waals surface area contributed by atoms with Gasteiger partial charge < -0.3 is 5.11 Å². The Kier molecular flexibility index (Phi) is 4.46. The number of thioether (sulfide) groups is 1. The highest BCUT2D eigenvalue weighted by Crippen LogP contribution is 2.14. The van der Waals surface area contributed by atoms with Crippen LogP contribution in [-0.4, -0.2) is 67.2 Å². The van der Waals surface area contributed by atoms with Gasteiger partial charge in [-0.15, -0.1) is 0 Å². The first kappa shape index (κ1) is 13.3. The standard InChI is InChI=1S/C9H19NO3S2/c1-9(11,8-14-2)7-10-3-5-15(12,13)6-4-10/h11H,3-8H2,1-2H3. The Labute approximate surface area is 96.0 Å². The summed E-state index contributed by atoms with van der Waals surface area (Å²) in [4.78, 5) is 2.03. The lowest BCUT2D eigenvalue weighted by molar-refractivity contribution is 0.0434. The van der Waals surface area contributed by atoms with Gasteiger partial charge in [0.25, 0.3) is 0 Å². The molecule has 4 nitrogen and oxygen atoms in total. The molecule has 1 heterocycles. The predicted molar refractivity (Wildman–Crippen MR) is 64.1 cm³/mol. The maximum Gasteiger partial charge on any atom is 0.152 e. The molecule has 0 bridgehead atoms. The highest BCUT2D eigenvalue weighted by Gasteiger charge is 2.28. The van der Waals surface area contributed by atoms with Crippen molar-refractivity contribution in [2.45, 2.75) is 12.5 Å². The molecule has 0 amide bonds. The van der Waals surface area contributed by atoms with Crippen LogP contribution in [0.1, 0.15) is 6.92 Å². The lowest BCUT2D eigenvalue weighted by atomic mass is 10.1. The summed E-state index contributed by atoms with van der Waals surface area (Å²) in [7, 11) is -2.81. The van der Waals surface area contributed by atoms with E-state index in [4.69, 9.17) is 0 Å². The SMILES string of the molecule is CSCC(C)(O)CN1CCS(=O)(=O)CC1. The number of aliphatic hydroxyl groups is 1. The summed E-state index contributed by atoms with van der Waals surface area (Å²) < 4.78 is 22.4. The predicted octanol–water partition coefficient (Wildman–Crippen LogP) is -0.169. The zero-order valence-corrected chi connectivity index (χ0v) is 10.9. The van der Waals surface area contributed by atoms with Crippen LogP contribution in [0.25, 0.3) is 0 Å². The van der Waals surface area contributed by atoms with Gasteiger partial charge in [0.15, 0.2) is 9.84 Å². The van der Waals surface area contributed by atoms with E-state index in [9.17, 15) is 13.5 Å². The molecule has 0 aromatic heterocycles. The first-order valence-electron chi connectivity index (χ1n) is 4.99. The van der Waals surface area contributed by atoms with Crippen LogP contribution in [0, 0.1) is 0 Å². The van der Waals surface area contributed by atoms with E-state index in [1.807, 2.05) is 11.2 Å². The number of rotatable bonds is 4. The summed E-state index contributed by atoms with van der Waals surface area (Å²) in [6.45, 7) is 3.45. The topological polar surface area (TPSA) is 57.6 Å². The average molecular weight is 253 g/mol. The van der Waals surface area contributed by atoms with Crippen LogP contribution in [0.15, 0.2) is 0 Å². The van der Waals surface area contributed by atoms with Crippen molar-refractivity contribution in [3.63, 3.8) is 0 Å². The van der Waals surface area contributed by atoms with Gasteiger partial charge in [-0.25, -0.2) is 8.42 Å². The second-order valence-corrected chi connectivity index (χ2v) is 7.53. The third-order valence-electron chi connectivity index (χ3n) is 2.46. The first-order valence-corrected chi connectivity index (χ1v) is 8.20. The van der Waals surface area contributed by atoms with Crippen LogP contribution < -0.4 is 0 Å². The van der Waals surface area contributed by atoms with Crippen molar-refractivity contribution in [3.05, 3.63) is 0 Å². The van der Waals surface area contributed by atoms with Gasteiger partial charge in [-0.3, -0.25) is 4.90 Å². The molecule has 0 spiro atoms. The minimum absolute atomic E-state index is 0.225. The highest BCUT2D eigenvalue weighted by atomic mass is 32.2. The van der Waals surface area contributed by atoms with Gasteiger partial charge >= 0.3 is 0 Å². The second-order valence-electron chi connectivity index (χ2n) is 4.36. The highest BCUT2D eigenvalue weighted by molar-refractivity contribution is 7.98. The second kappa shape index (κ2) is 5.03. The zero-order valence-electron chi connectivity index (χ0n) is 9.27. The molecule has 1 fully saturated rings. The summed E-state index contributed by atoms with van der Waals surface area (Å²) in [6, 6.07) is 0. The summed E-state index contributed by atoms with van der Waals surface area (Å²) in [6.07, 6.45) is 1.95. The molecule has 1 N–H and O–H groups in total. The molecule has 1 rings (SSSR count). The van der Waals surface area contributed by atoms with E-state index in [0.717, 1.165) is 0 Å². The number of sulfone groups is 1. The van der Waals surface area contributed by atoms with Crippen LogP contribution in [0.2, 0.25) is 0 Å². The largest absolute Gasteiger partial charge is 0.388 e. The maximum absolute atomic E-state index is 11.2. The Balaban J connectivity index is 2.42. The Bertz CT molecular complexity index is 286. The fraction of sp³-hybridized carbons (Fsp3) is 1.00. The minimum Gasteiger partial charge on any atom is -0.388 e. The Morgan fingerprint density at radius 2 is 1.93 bits per heavy atom. The molecule has 15 heavy (non-hydrogen) atoms. The van der Waals surface area contributed by atoms with E-state index in [1.54, 1.807) is 18.7 Å². The first-order chi connectivity index (χ1) is 6.85. The van der Waals surface area contributed by atoms with Crippen LogP contribution in [0.3, 0.4) is 0 Å². The maximum atomic E-state index is 11.2. The van der Waals surface area contributed by atoms with E-state index in [0.29, 0.717) is 25.4 Å². The molecule has 1 atom stereocenters. The van der Waals surface area contributed by atoms with E-state index >= 15 is 0 Å². The van der Waals surface area contributed by atoms with Gasteiger partial charge in [0.2, 0.25) is 0 Å². The van der Waals surface area contributed by atoms with Gasteiger partial charge in [0.05, 0.1) is 17.1 Å². The van der Waals surface area contributed by atoms with Crippen molar-refractivity contribution in [2.24, 2.45) is 0 Å². The third kappa shape index (κ3) is 4.72. The normalized spacial score (nSPS) is 26.1. The lowest BCUT2D eigenvalue weighted by Crippen LogP contribution is -2.48. The van der Waals surface area contributed by atoms with Crippen LogP contribution in [0.5, 0.6) is 0 Å². The Morgan fingerprint density at radius 1 is 1.40 bits per heavy atom. The van der Waals surface area contributed by atoms with E-state index in [1.165, 1.54) is 0 Å². The third-order valence-corrected chi connectivity index (χ3v) is 4.98. The summed E-state index contributed by atoms with van der Waals surface area (Å²) in [5.41, 5.74) is -0.722. The van der Waals surface area contributed by atoms with Crippen molar-refractivity contribution in [3.8, 4) is 0 Å². The van der Waals surface area contributed by atoms with Gasteiger partial charge in [-0.1, -0.05) is 0 Å². The van der Waals surface area contributed by atoms with Crippen molar-refractivity contribution in [1.82, 2.24) is 4.90 Å². The molecule has 0 radical (unpaired) electrons. The van der Waals surface area contributed by atoms with Gasteiger partial charge in [-0.05, 0) is 13.2 Å². The molecule has 1 unspecified atom stereocenters. The molecule has 0 aliphatic carbocycles. The molecular weight excluding hydrogens is 234 g/mol. The van der Waals surface area contributed by atoms with Crippen molar-refractivity contribution < 1.29 is 13.5 Å². The van der Waals surface area contributed by atoms with E-state index in [-0.39, 0.29) is 11.5 Å². The molecule has 90 valence electrons. The summed E-state index contributed by atoms with van der Waals surface area (Å²) in [5.74, 6) is 1.13. The molecule has 6 heteroatoms. The minimum atomic E-state index is -2.81. The van der Waals surface area contributed by atoms with Crippen LogP contribution in [0.4, 0.5) is 0 Å². The number of nitrogens with zero attached hydrogens (tertiary/aromatic N) is 1. The Morgan fingerprint density at radius 3 is 2.40 bits per heavy atom. The van der Waals surface area contributed by atoms with Crippen molar-refractivity contribution in [2.75, 3.05) is 43.1 Å².